The van der Waals surface area contributed by atoms with Gasteiger partial charge in [0.2, 0.25) is 5.28 Å². The number of rotatable bonds is 1. The van der Waals surface area contributed by atoms with Crippen LogP contribution >= 0.6 is 11.6 Å². The molecule has 0 amide bonds. The van der Waals surface area contributed by atoms with Crippen molar-refractivity contribution in [1.29, 1.82) is 0 Å². The summed E-state index contributed by atoms with van der Waals surface area (Å²) in [6, 6.07) is 0.326. The molecule has 0 spiro atoms. The van der Waals surface area contributed by atoms with Crippen molar-refractivity contribution in [3.63, 3.8) is 0 Å². The molecule has 2 heterocycles. The van der Waals surface area contributed by atoms with E-state index in [-0.39, 0.29) is 0 Å². The summed E-state index contributed by atoms with van der Waals surface area (Å²) >= 11 is 5.86. The number of aryl methyl sites for hydroxylation is 1. The lowest BCUT2D eigenvalue weighted by Gasteiger charge is -2.10. The highest BCUT2D eigenvalue weighted by molar-refractivity contribution is 6.28. The second-order valence-electron chi connectivity index (χ2n) is 2.90. The summed E-state index contributed by atoms with van der Waals surface area (Å²) in [4.78, 5) is 0. The Bertz CT molecular complexity index is 261. The first-order valence-corrected chi connectivity index (χ1v) is 4.31. The molecule has 1 unspecified atom stereocenters. The minimum absolute atomic E-state index is 0.326. The van der Waals surface area contributed by atoms with Gasteiger partial charge >= 0.3 is 0 Å². The third-order valence-electron chi connectivity index (χ3n) is 2.10. The van der Waals surface area contributed by atoms with Crippen molar-refractivity contribution in [2.75, 3.05) is 13.2 Å². The molecule has 0 N–H and O–H groups in total. The molecule has 1 aliphatic heterocycles. The average Bonchev–Trinajstić information content (AvgIpc) is 2.61. The van der Waals surface area contributed by atoms with Gasteiger partial charge in [-0.2, -0.15) is 0 Å². The molecule has 2 rings (SSSR count). The van der Waals surface area contributed by atoms with E-state index in [4.69, 9.17) is 16.3 Å². The molecule has 0 aliphatic carbocycles. The van der Waals surface area contributed by atoms with Gasteiger partial charge in [0.1, 0.15) is 5.82 Å². The molecule has 4 nitrogen and oxygen atoms in total. The van der Waals surface area contributed by atoms with E-state index >= 15 is 0 Å². The van der Waals surface area contributed by atoms with Gasteiger partial charge in [-0.05, 0) is 24.9 Å². The Hall–Kier alpha value is -0.610. The van der Waals surface area contributed by atoms with Crippen molar-refractivity contribution in [3.8, 4) is 0 Å². The number of aromatic nitrogens is 3. The van der Waals surface area contributed by atoms with Crippen LogP contribution in [0, 0.1) is 6.92 Å². The van der Waals surface area contributed by atoms with E-state index in [1.54, 1.807) is 0 Å². The Morgan fingerprint density at radius 2 is 2.42 bits per heavy atom. The second kappa shape index (κ2) is 3.03. The summed E-state index contributed by atoms with van der Waals surface area (Å²) in [6.45, 7) is 3.43. The summed E-state index contributed by atoms with van der Waals surface area (Å²) in [5, 5.41) is 8.13. The van der Waals surface area contributed by atoms with Gasteiger partial charge in [-0.3, -0.25) is 4.57 Å². The van der Waals surface area contributed by atoms with Crippen molar-refractivity contribution < 1.29 is 4.74 Å². The van der Waals surface area contributed by atoms with Gasteiger partial charge < -0.3 is 4.74 Å². The van der Waals surface area contributed by atoms with Crippen LogP contribution in [0.4, 0.5) is 0 Å². The van der Waals surface area contributed by atoms with E-state index < -0.39 is 0 Å². The molecule has 12 heavy (non-hydrogen) atoms. The maximum atomic E-state index is 5.86. The smallest absolute Gasteiger partial charge is 0.225 e. The largest absolute Gasteiger partial charge is 0.379 e. The van der Waals surface area contributed by atoms with E-state index in [9.17, 15) is 0 Å². The fraction of sp³-hybridized carbons (Fsp3) is 0.714. The van der Waals surface area contributed by atoms with E-state index in [2.05, 4.69) is 10.2 Å². The first kappa shape index (κ1) is 8.01. The van der Waals surface area contributed by atoms with Crippen molar-refractivity contribution in [3.05, 3.63) is 11.1 Å². The molecular weight excluding hydrogens is 178 g/mol. The molecule has 1 fully saturated rings. The number of hydrogen-bond donors (Lipinski definition) is 0. The molecule has 0 aromatic carbocycles. The van der Waals surface area contributed by atoms with Crippen LogP contribution in [0.5, 0.6) is 0 Å². The highest BCUT2D eigenvalue weighted by Crippen LogP contribution is 2.23. The molecule has 5 heteroatoms. The predicted molar refractivity (Wildman–Crippen MR) is 44.2 cm³/mol. The van der Waals surface area contributed by atoms with Crippen LogP contribution in [0.15, 0.2) is 0 Å². The van der Waals surface area contributed by atoms with Crippen LogP contribution in [0.1, 0.15) is 18.3 Å². The van der Waals surface area contributed by atoms with Crippen LogP contribution in [0.3, 0.4) is 0 Å². The monoisotopic (exact) mass is 187 g/mol. The Balaban J connectivity index is 2.30. The molecule has 1 saturated heterocycles. The van der Waals surface area contributed by atoms with Crippen molar-refractivity contribution in [1.82, 2.24) is 14.8 Å². The van der Waals surface area contributed by atoms with Crippen LogP contribution in [0.25, 0.3) is 0 Å². The van der Waals surface area contributed by atoms with Gasteiger partial charge in [0.15, 0.2) is 0 Å². The van der Waals surface area contributed by atoms with Gasteiger partial charge in [0.05, 0.1) is 12.6 Å². The third-order valence-corrected chi connectivity index (χ3v) is 2.35. The van der Waals surface area contributed by atoms with Crippen LogP contribution in [0.2, 0.25) is 5.28 Å². The minimum atomic E-state index is 0.326. The van der Waals surface area contributed by atoms with E-state index in [1.807, 2.05) is 11.5 Å². The molecular formula is C7H10ClN3O. The van der Waals surface area contributed by atoms with Crippen molar-refractivity contribution in [2.24, 2.45) is 0 Å². The molecule has 0 radical (unpaired) electrons. The maximum Gasteiger partial charge on any atom is 0.225 e. The van der Waals surface area contributed by atoms with Crippen molar-refractivity contribution >= 4 is 11.6 Å². The van der Waals surface area contributed by atoms with Gasteiger partial charge in [-0.15, -0.1) is 10.2 Å². The van der Waals surface area contributed by atoms with Crippen LogP contribution in [-0.4, -0.2) is 28.0 Å². The van der Waals surface area contributed by atoms with Crippen molar-refractivity contribution in [2.45, 2.75) is 19.4 Å². The highest BCUT2D eigenvalue weighted by Gasteiger charge is 2.21. The van der Waals surface area contributed by atoms with Gasteiger partial charge in [-0.25, -0.2) is 0 Å². The SMILES string of the molecule is Cc1nnc(Cl)n1C1CCOC1. The maximum absolute atomic E-state index is 5.86. The average molecular weight is 188 g/mol. The quantitative estimate of drug-likeness (QED) is 0.664. The van der Waals surface area contributed by atoms with Gasteiger partial charge in [0, 0.05) is 6.61 Å². The minimum Gasteiger partial charge on any atom is -0.379 e. The Morgan fingerprint density at radius 1 is 1.58 bits per heavy atom. The number of hydrogen-bond acceptors (Lipinski definition) is 3. The van der Waals surface area contributed by atoms with Gasteiger partial charge in [0.25, 0.3) is 0 Å². The van der Waals surface area contributed by atoms with E-state index in [0.29, 0.717) is 11.3 Å². The zero-order valence-electron chi connectivity index (χ0n) is 6.83. The molecule has 1 aliphatic rings. The van der Waals surface area contributed by atoms with Gasteiger partial charge in [-0.1, -0.05) is 0 Å². The Morgan fingerprint density at radius 3 is 2.92 bits per heavy atom. The van der Waals surface area contributed by atoms with Crippen LogP contribution < -0.4 is 0 Å². The lowest BCUT2D eigenvalue weighted by Crippen LogP contribution is -2.10. The summed E-state index contributed by atoms with van der Waals surface area (Å²) in [5.41, 5.74) is 0. The summed E-state index contributed by atoms with van der Waals surface area (Å²) in [7, 11) is 0. The van der Waals surface area contributed by atoms with E-state index in [1.165, 1.54) is 0 Å². The molecule has 1 aromatic heterocycles. The Labute approximate surface area is 75.5 Å². The number of nitrogens with zero attached hydrogens (tertiary/aromatic N) is 3. The third kappa shape index (κ3) is 1.21. The molecule has 66 valence electrons. The predicted octanol–water partition coefficient (Wildman–Crippen LogP) is 1.20. The lowest BCUT2D eigenvalue weighted by molar-refractivity contribution is 0.186. The summed E-state index contributed by atoms with van der Waals surface area (Å²) < 4.78 is 7.18. The fourth-order valence-electron chi connectivity index (χ4n) is 1.48. The molecule has 0 saturated carbocycles. The highest BCUT2D eigenvalue weighted by atomic mass is 35.5. The fourth-order valence-corrected chi connectivity index (χ4v) is 1.78. The molecule has 1 aromatic rings. The zero-order chi connectivity index (χ0) is 8.55. The molecule has 1 atom stereocenters. The number of ether oxygens (including phenoxy) is 1. The molecule has 0 bridgehead atoms. The zero-order valence-corrected chi connectivity index (χ0v) is 7.58. The lowest BCUT2D eigenvalue weighted by atomic mass is 10.2. The summed E-state index contributed by atoms with van der Waals surface area (Å²) in [6.07, 6.45) is 0.999. The van der Waals surface area contributed by atoms with E-state index in [0.717, 1.165) is 25.5 Å². The normalized spacial score (nSPS) is 23.3. The van der Waals surface area contributed by atoms with Crippen LogP contribution in [-0.2, 0) is 4.74 Å². The first-order chi connectivity index (χ1) is 5.79. The topological polar surface area (TPSA) is 39.9 Å². The first-order valence-electron chi connectivity index (χ1n) is 3.94. The summed E-state index contributed by atoms with van der Waals surface area (Å²) in [5.74, 6) is 0.857. The Kier molecular flexibility index (Phi) is 2.02. The number of halogens is 1. The second-order valence-corrected chi connectivity index (χ2v) is 3.24. The standard InChI is InChI=1S/C7H10ClN3O/c1-5-9-10-7(8)11(5)6-2-3-12-4-6/h6H,2-4H2,1H3.